The van der Waals surface area contributed by atoms with Crippen LogP contribution in [0.1, 0.15) is 79.5 Å². The summed E-state index contributed by atoms with van der Waals surface area (Å²) in [4.78, 5) is 48.8. The Hall–Kier alpha value is -5.24. The number of nitrogens with zero attached hydrogens (tertiary/aromatic N) is 2. The maximum absolute atomic E-state index is 15.2. The summed E-state index contributed by atoms with van der Waals surface area (Å²) in [5.74, 6) is -2.19. The van der Waals surface area contributed by atoms with E-state index in [1.54, 1.807) is 32.0 Å². The zero-order valence-corrected chi connectivity index (χ0v) is 27.7. The Balaban J connectivity index is 1.51. The quantitative estimate of drug-likeness (QED) is 0.225. The highest BCUT2D eigenvalue weighted by molar-refractivity contribution is 5.90. The molecule has 4 N–H and O–H groups in total. The molecular formula is C35H36FN5O8. The van der Waals surface area contributed by atoms with Crippen molar-refractivity contribution in [3.63, 3.8) is 0 Å². The van der Waals surface area contributed by atoms with Crippen molar-refractivity contribution < 1.29 is 42.2 Å². The minimum atomic E-state index is -1.36. The molecule has 0 saturated heterocycles. The fourth-order valence-electron chi connectivity index (χ4n) is 6.72. The lowest BCUT2D eigenvalue weighted by Gasteiger charge is -2.32. The first-order valence-corrected chi connectivity index (χ1v) is 15.9. The van der Waals surface area contributed by atoms with Crippen LogP contribution in [0.4, 0.5) is 10.1 Å². The van der Waals surface area contributed by atoms with Gasteiger partial charge in [0.1, 0.15) is 41.4 Å². The van der Waals surface area contributed by atoms with Gasteiger partial charge in [0.25, 0.3) is 0 Å². The van der Waals surface area contributed by atoms with Gasteiger partial charge in [-0.2, -0.15) is 0 Å². The molecule has 13 nitrogen and oxygen atoms in total. The van der Waals surface area contributed by atoms with Gasteiger partial charge in [-0.15, -0.1) is 0 Å². The molecule has 5 heterocycles. The number of amides is 2. The summed E-state index contributed by atoms with van der Waals surface area (Å²) >= 11 is 0. The molecule has 49 heavy (non-hydrogen) atoms. The van der Waals surface area contributed by atoms with E-state index < -0.39 is 58.8 Å². The summed E-state index contributed by atoms with van der Waals surface area (Å²) in [7, 11) is 1.22. The van der Waals surface area contributed by atoms with Crippen LogP contribution in [-0.4, -0.2) is 58.3 Å². The van der Waals surface area contributed by atoms with E-state index in [-0.39, 0.29) is 41.3 Å². The van der Waals surface area contributed by atoms with Crippen molar-refractivity contribution in [2.45, 2.75) is 70.9 Å². The largest absolute Gasteiger partial charge is 0.469 e. The normalized spacial score (nSPS) is 22.9. The van der Waals surface area contributed by atoms with Crippen LogP contribution in [0.3, 0.4) is 0 Å². The van der Waals surface area contributed by atoms with Gasteiger partial charge in [-0.1, -0.05) is 46.8 Å². The third-order valence-electron chi connectivity index (χ3n) is 9.28. The van der Waals surface area contributed by atoms with Crippen molar-refractivity contribution in [2.24, 2.45) is 11.3 Å². The van der Waals surface area contributed by atoms with Gasteiger partial charge in [-0.25, -0.2) is 19.2 Å². The van der Waals surface area contributed by atoms with Crippen LogP contribution in [0, 0.1) is 17.2 Å². The monoisotopic (exact) mass is 673 g/mol. The zero-order chi connectivity index (χ0) is 35.0. The number of rotatable bonds is 5. The Bertz CT molecular complexity index is 2000. The number of hydrogen-bond acceptors (Lipinski definition) is 11. The Morgan fingerprint density at radius 1 is 1.12 bits per heavy atom. The van der Waals surface area contributed by atoms with Gasteiger partial charge in [0.15, 0.2) is 23.4 Å². The molecule has 2 amide bonds. The number of nitrogens with one attached hydrogen (secondary N) is 3. The number of methoxy groups -OCH3 is 1. The van der Waals surface area contributed by atoms with Crippen molar-refractivity contribution in [1.82, 2.24) is 20.6 Å². The van der Waals surface area contributed by atoms with Crippen LogP contribution in [0.2, 0.25) is 0 Å². The number of aromatic nitrogens is 2. The number of anilines is 1. The van der Waals surface area contributed by atoms with Crippen molar-refractivity contribution in [2.75, 3.05) is 12.4 Å². The first kappa shape index (κ1) is 32.3. The first-order valence-electron chi connectivity index (χ1n) is 15.9. The minimum absolute atomic E-state index is 0.0538. The summed E-state index contributed by atoms with van der Waals surface area (Å²) < 4.78 is 39.0. The molecule has 4 aromatic rings. The molecular weight excluding hydrogens is 637 g/mol. The predicted octanol–water partition coefficient (Wildman–Crippen LogP) is 3.99. The molecule has 1 unspecified atom stereocenters. The van der Waals surface area contributed by atoms with Crippen molar-refractivity contribution in [3.05, 3.63) is 82.5 Å². The number of carbonyl (C=O) groups excluding carboxylic acids is 3. The van der Waals surface area contributed by atoms with Crippen molar-refractivity contribution in [3.8, 4) is 17.3 Å². The third-order valence-corrected chi connectivity index (χ3v) is 9.28. The average Bonchev–Trinajstić information content (AvgIpc) is 3.83. The number of aliphatic hydroxyl groups excluding tert-OH is 1. The van der Waals surface area contributed by atoms with Gasteiger partial charge < -0.3 is 39.4 Å². The highest BCUT2D eigenvalue weighted by Gasteiger charge is 2.61. The molecule has 0 fully saturated rings. The average molecular weight is 674 g/mol. The van der Waals surface area contributed by atoms with Crippen LogP contribution in [0.15, 0.2) is 51.5 Å². The van der Waals surface area contributed by atoms with E-state index in [1.807, 2.05) is 26.8 Å². The maximum atomic E-state index is 15.2. The zero-order valence-electron chi connectivity index (χ0n) is 27.7. The van der Waals surface area contributed by atoms with Crippen LogP contribution in [0.5, 0.6) is 5.75 Å². The van der Waals surface area contributed by atoms with E-state index in [9.17, 15) is 19.5 Å². The van der Waals surface area contributed by atoms with E-state index in [4.69, 9.17) is 23.3 Å². The van der Waals surface area contributed by atoms with Gasteiger partial charge in [0, 0.05) is 23.2 Å². The molecule has 0 saturated carbocycles. The van der Waals surface area contributed by atoms with E-state index in [0.717, 1.165) is 6.26 Å². The van der Waals surface area contributed by atoms with Crippen LogP contribution < -0.4 is 20.7 Å². The summed E-state index contributed by atoms with van der Waals surface area (Å²) in [6.45, 7) is 9.05. The standard InChI is InChI=1S/C35H36FN5O8/c1-15(2)25(42)29(44)37-21-12-16-7-10-23-19(11-16)35(18-13-17(36)8-9-20(18)39-33(35)48-23)27-24(30-38-22(14-47-30)32(45)46-6)40-31(49-27)26(34(3,4)5)41-28(21)43/h7-11,13-15,21,25-26,33,39,42H,12H2,1-6H3,(H,37,44)(H,41,43)/t21?,25-,26+,33+,35-/m0/s1. The number of carbonyl (C=O) groups is 3. The second-order valence-electron chi connectivity index (χ2n) is 14.0. The smallest absolute Gasteiger partial charge is 0.360 e. The predicted molar refractivity (Wildman–Crippen MR) is 171 cm³/mol. The lowest BCUT2D eigenvalue weighted by atomic mass is 9.72. The summed E-state index contributed by atoms with van der Waals surface area (Å²) in [5.41, 5.74) is 0.236. The molecule has 3 aliphatic rings. The molecule has 1 spiro atoms. The van der Waals surface area contributed by atoms with Gasteiger partial charge in [-0.3, -0.25) is 9.59 Å². The Morgan fingerprint density at radius 3 is 2.61 bits per heavy atom. The van der Waals surface area contributed by atoms with Crippen LogP contribution >= 0.6 is 0 Å². The molecule has 256 valence electrons. The number of aliphatic hydroxyl groups is 1. The number of benzene rings is 2. The highest BCUT2D eigenvalue weighted by Crippen LogP contribution is 2.59. The van der Waals surface area contributed by atoms with Crippen molar-refractivity contribution in [1.29, 1.82) is 0 Å². The molecule has 5 atom stereocenters. The fourth-order valence-corrected chi connectivity index (χ4v) is 6.72. The number of halogens is 1. The second kappa shape index (κ2) is 11.4. The lowest BCUT2D eigenvalue weighted by Crippen LogP contribution is -2.53. The maximum Gasteiger partial charge on any atom is 0.360 e. The van der Waals surface area contributed by atoms with E-state index in [2.05, 4.69) is 20.9 Å². The summed E-state index contributed by atoms with van der Waals surface area (Å²) in [6.07, 6.45) is -0.986. The molecule has 7 rings (SSSR count). The number of fused-ring (bicyclic) bond motifs is 4. The number of oxazole rings is 2. The Kier molecular flexibility index (Phi) is 7.54. The van der Waals surface area contributed by atoms with E-state index >= 15 is 4.39 Å². The second-order valence-corrected chi connectivity index (χ2v) is 14.0. The Labute approximate surface area is 280 Å². The van der Waals surface area contributed by atoms with Crippen molar-refractivity contribution >= 4 is 23.5 Å². The molecule has 4 bridgehead atoms. The highest BCUT2D eigenvalue weighted by atomic mass is 19.1. The van der Waals surface area contributed by atoms with Gasteiger partial charge in [0.05, 0.1) is 7.11 Å². The van der Waals surface area contributed by atoms with Gasteiger partial charge >= 0.3 is 5.97 Å². The number of ether oxygens (including phenoxy) is 2. The molecule has 0 aliphatic carbocycles. The lowest BCUT2D eigenvalue weighted by molar-refractivity contribution is -0.136. The topological polar surface area (TPSA) is 178 Å². The molecule has 3 aliphatic heterocycles. The Morgan fingerprint density at radius 2 is 1.90 bits per heavy atom. The summed E-state index contributed by atoms with van der Waals surface area (Å²) in [5, 5.41) is 19.6. The molecule has 2 aromatic heterocycles. The number of hydrogen-bond donors (Lipinski definition) is 4. The van der Waals surface area contributed by atoms with E-state index in [1.165, 1.54) is 19.2 Å². The first-order chi connectivity index (χ1) is 23.2. The minimum Gasteiger partial charge on any atom is -0.469 e. The van der Waals surface area contributed by atoms with E-state index in [0.29, 0.717) is 28.1 Å². The van der Waals surface area contributed by atoms with Crippen LogP contribution in [0.25, 0.3) is 11.6 Å². The molecule has 14 heteroatoms. The SMILES string of the molecule is COC(=O)c1coc(-c2nc3oc2[C@@]24c5cc(F)ccc5N[C@@H]2Oc2ccc(cc24)CC(NC(=O)[C@@H](O)C(C)C)C(=O)N[C@H]3C(C)(C)C)n1. The van der Waals surface area contributed by atoms with Crippen LogP contribution in [-0.2, 0) is 26.2 Å². The molecule has 0 radical (unpaired) electrons. The van der Waals surface area contributed by atoms with Gasteiger partial charge in [0.2, 0.25) is 23.6 Å². The third kappa shape index (κ3) is 5.12. The van der Waals surface area contributed by atoms with Gasteiger partial charge in [-0.05, 0) is 41.2 Å². The molecule has 2 aromatic carbocycles. The fraction of sp³-hybridized carbons (Fsp3) is 0.400. The summed E-state index contributed by atoms with van der Waals surface area (Å²) in [6, 6.07) is 7.71. The number of esters is 1.